The van der Waals surface area contributed by atoms with Crippen molar-refractivity contribution in [3.05, 3.63) is 0 Å². The third kappa shape index (κ3) is 1.33. The Bertz CT molecular complexity index is 187. The number of ether oxygens (including phenoxy) is 1. The molecule has 3 unspecified atom stereocenters. The Morgan fingerprint density at radius 1 is 1.64 bits per heavy atom. The maximum absolute atomic E-state index is 10.8. The molecule has 2 aliphatic heterocycles. The zero-order valence-corrected chi connectivity index (χ0v) is 7.27. The van der Waals surface area contributed by atoms with E-state index in [1.54, 1.807) is 0 Å². The molecule has 3 atom stereocenters. The van der Waals surface area contributed by atoms with Crippen LogP contribution in [0.2, 0.25) is 0 Å². The fourth-order valence-corrected chi connectivity index (χ4v) is 2.08. The van der Waals surface area contributed by atoms with E-state index in [4.69, 9.17) is 4.74 Å². The third-order valence-electron chi connectivity index (χ3n) is 2.18. The smallest absolute Gasteiger partial charge is 0.407 e. The lowest BCUT2D eigenvalue weighted by Crippen LogP contribution is -2.44. The number of carbonyl (C=O) groups is 1. The summed E-state index contributed by atoms with van der Waals surface area (Å²) in [5.74, 6) is 0.477. The maximum atomic E-state index is 10.8. The van der Waals surface area contributed by atoms with Crippen LogP contribution < -0.4 is 5.32 Å². The van der Waals surface area contributed by atoms with E-state index in [1.807, 2.05) is 0 Å². The van der Waals surface area contributed by atoms with Crippen LogP contribution in [0.5, 0.6) is 0 Å². The molecule has 2 heterocycles. The summed E-state index contributed by atoms with van der Waals surface area (Å²) in [6, 6.07) is 0. The van der Waals surface area contributed by atoms with Crippen molar-refractivity contribution in [2.75, 3.05) is 19.6 Å². The molecule has 62 valence electrons. The number of rotatable bonds is 0. The van der Waals surface area contributed by atoms with Crippen LogP contribution in [0.4, 0.5) is 4.79 Å². The molecule has 11 heavy (non-hydrogen) atoms. The van der Waals surface area contributed by atoms with E-state index >= 15 is 0 Å². The van der Waals surface area contributed by atoms with Gasteiger partial charge in [0.25, 0.3) is 0 Å². The van der Waals surface area contributed by atoms with Crippen molar-refractivity contribution in [1.29, 1.82) is 0 Å². The second kappa shape index (κ2) is 2.61. The molecule has 0 spiro atoms. The average molecular weight is 174 g/mol. The third-order valence-corrected chi connectivity index (χ3v) is 2.60. The standard InChI is InChI=1S/C6H11N2O2P/c9-6-7-1-4-2-8(11)3-5(4)10-6/h4-5H,1-3,11H2,(H,7,9). The van der Waals surface area contributed by atoms with Crippen LogP contribution in [-0.4, -0.2) is 36.5 Å². The van der Waals surface area contributed by atoms with Crippen LogP contribution in [0.25, 0.3) is 0 Å². The van der Waals surface area contributed by atoms with E-state index in [1.165, 1.54) is 0 Å². The highest BCUT2D eigenvalue weighted by Gasteiger charge is 2.37. The number of nitrogens with one attached hydrogen (secondary N) is 1. The number of hydrogen-bond donors (Lipinski definition) is 1. The molecule has 0 aromatic heterocycles. The largest absolute Gasteiger partial charge is 0.444 e. The maximum Gasteiger partial charge on any atom is 0.407 e. The molecule has 2 rings (SSSR count). The van der Waals surface area contributed by atoms with Crippen LogP contribution in [0, 0.1) is 5.92 Å². The van der Waals surface area contributed by atoms with E-state index in [0.717, 1.165) is 19.6 Å². The van der Waals surface area contributed by atoms with Crippen molar-refractivity contribution in [2.24, 2.45) is 5.92 Å². The number of hydrogen-bond acceptors (Lipinski definition) is 3. The van der Waals surface area contributed by atoms with Gasteiger partial charge < -0.3 is 10.1 Å². The average Bonchev–Trinajstić information content (AvgIpc) is 2.27. The molecule has 0 aliphatic carbocycles. The topological polar surface area (TPSA) is 41.6 Å². The number of alkyl carbamates (subject to hydrolysis) is 1. The lowest BCUT2D eigenvalue weighted by atomic mass is 10.1. The van der Waals surface area contributed by atoms with Gasteiger partial charge in [0.15, 0.2) is 0 Å². The molecule has 0 aromatic rings. The molecule has 2 saturated heterocycles. The summed E-state index contributed by atoms with van der Waals surface area (Å²) in [6.07, 6.45) is -0.159. The second-order valence-electron chi connectivity index (χ2n) is 3.04. The lowest BCUT2D eigenvalue weighted by molar-refractivity contribution is 0.0607. The molecule has 2 aliphatic rings. The van der Waals surface area contributed by atoms with Gasteiger partial charge in [0.2, 0.25) is 0 Å². The Balaban J connectivity index is 2.02. The highest BCUT2D eigenvalue weighted by atomic mass is 31.0. The molecule has 1 amide bonds. The minimum absolute atomic E-state index is 0.112. The van der Waals surface area contributed by atoms with Crippen LogP contribution in [0.3, 0.4) is 0 Å². The Morgan fingerprint density at radius 2 is 2.45 bits per heavy atom. The van der Waals surface area contributed by atoms with E-state index in [9.17, 15) is 4.79 Å². The predicted octanol–water partition coefficient (Wildman–Crippen LogP) is -0.183. The van der Waals surface area contributed by atoms with Crippen molar-refractivity contribution < 1.29 is 9.53 Å². The van der Waals surface area contributed by atoms with Crippen LogP contribution >= 0.6 is 9.39 Å². The Morgan fingerprint density at radius 3 is 3.27 bits per heavy atom. The van der Waals surface area contributed by atoms with Crippen LogP contribution in [0.1, 0.15) is 0 Å². The summed E-state index contributed by atoms with van der Waals surface area (Å²) in [5.41, 5.74) is 0. The van der Waals surface area contributed by atoms with Crippen molar-refractivity contribution >= 4 is 15.5 Å². The first-order chi connectivity index (χ1) is 5.25. The highest BCUT2D eigenvalue weighted by Crippen LogP contribution is 2.24. The first kappa shape index (κ1) is 7.32. The van der Waals surface area contributed by atoms with Crippen molar-refractivity contribution in [1.82, 2.24) is 9.99 Å². The number of amides is 1. The van der Waals surface area contributed by atoms with Gasteiger partial charge in [-0.2, -0.15) is 0 Å². The summed E-state index contributed by atoms with van der Waals surface area (Å²) in [5, 5.41) is 2.68. The van der Waals surface area contributed by atoms with E-state index in [2.05, 4.69) is 19.4 Å². The van der Waals surface area contributed by atoms with Gasteiger partial charge in [-0.1, -0.05) is 9.39 Å². The van der Waals surface area contributed by atoms with Gasteiger partial charge in [-0.25, -0.2) is 4.79 Å². The molecular weight excluding hydrogens is 163 g/mol. The number of nitrogens with zero attached hydrogens (tertiary/aromatic N) is 1. The molecule has 0 aromatic carbocycles. The zero-order valence-electron chi connectivity index (χ0n) is 6.12. The van der Waals surface area contributed by atoms with E-state index in [0.29, 0.717) is 5.92 Å². The minimum Gasteiger partial charge on any atom is -0.444 e. The van der Waals surface area contributed by atoms with Crippen LogP contribution in [-0.2, 0) is 4.74 Å². The van der Waals surface area contributed by atoms with Crippen molar-refractivity contribution in [3.63, 3.8) is 0 Å². The van der Waals surface area contributed by atoms with E-state index < -0.39 is 0 Å². The van der Waals surface area contributed by atoms with Gasteiger partial charge in [-0.3, -0.25) is 4.67 Å². The monoisotopic (exact) mass is 174 g/mol. The Hall–Kier alpha value is -0.340. The Labute approximate surface area is 67.5 Å². The predicted molar refractivity (Wildman–Crippen MR) is 43.0 cm³/mol. The molecule has 5 heteroatoms. The SMILES string of the molecule is O=C1NCC2CN(P)CC2O1. The summed E-state index contributed by atoms with van der Waals surface area (Å²) in [7, 11) is 2.63. The van der Waals surface area contributed by atoms with Gasteiger partial charge in [0.05, 0.1) is 0 Å². The van der Waals surface area contributed by atoms with Gasteiger partial charge in [-0.15, -0.1) is 0 Å². The first-order valence-electron chi connectivity index (χ1n) is 3.70. The quantitative estimate of drug-likeness (QED) is 0.518. The number of carbonyl (C=O) groups excluding carboxylic acids is 1. The fraction of sp³-hybridized carbons (Fsp3) is 0.833. The fourth-order valence-electron chi connectivity index (χ4n) is 1.60. The van der Waals surface area contributed by atoms with Crippen LogP contribution in [0.15, 0.2) is 0 Å². The summed E-state index contributed by atoms with van der Waals surface area (Å²) in [6.45, 7) is 2.60. The molecule has 0 saturated carbocycles. The van der Waals surface area contributed by atoms with Gasteiger partial charge in [0, 0.05) is 25.6 Å². The van der Waals surface area contributed by atoms with Gasteiger partial charge in [-0.05, 0) is 0 Å². The summed E-state index contributed by atoms with van der Waals surface area (Å²) in [4.78, 5) is 10.8. The summed E-state index contributed by atoms with van der Waals surface area (Å²) >= 11 is 0. The molecule has 1 N–H and O–H groups in total. The molecule has 0 radical (unpaired) electrons. The second-order valence-corrected chi connectivity index (χ2v) is 3.77. The normalized spacial score (nSPS) is 37.7. The van der Waals surface area contributed by atoms with Crippen molar-refractivity contribution in [3.8, 4) is 0 Å². The first-order valence-corrected chi connectivity index (χ1v) is 4.21. The Kier molecular flexibility index (Phi) is 1.74. The van der Waals surface area contributed by atoms with Gasteiger partial charge in [0.1, 0.15) is 6.10 Å². The lowest BCUT2D eigenvalue weighted by Gasteiger charge is -2.24. The highest BCUT2D eigenvalue weighted by molar-refractivity contribution is 7.13. The van der Waals surface area contributed by atoms with Gasteiger partial charge >= 0.3 is 6.09 Å². The number of fused-ring (bicyclic) bond motifs is 1. The zero-order chi connectivity index (χ0) is 7.84. The molecule has 4 nitrogen and oxygen atoms in total. The molecule has 2 fully saturated rings. The summed E-state index contributed by atoms with van der Waals surface area (Å²) < 4.78 is 7.18. The molecular formula is C6H11N2O2P. The van der Waals surface area contributed by atoms with Crippen molar-refractivity contribution in [2.45, 2.75) is 6.10 Å². The minimum atomic E-state index is -0.272. The van der Waals surface area contributed by atoms with E-state index in [-0.39, 0.29) is 12.2 Å². The molecule has 0 bridgehead atoms.